The summed E-state index contributed by atoms with van der Waals surface area (Å²) in [7, 11) is 0. The van der Waals surface area contributed by atoms with E-state index < -0.39 is 5.97 Å². The van der Waals surface area contributed by atoms with Crippen molar-refractivity contribution in [2.75, 3.05) is 19.6 Å². The van der Waals surface area contributed by atoms with Crippen molar-refractivity contribution in [3.8, 4) is 0 Å². The zero-order chi connectivity index (χ0) is 15.1. The molecule has 0 spiro atoms. The first-order valence-electron chi connectivity index (χ1n) is 6.50. The number of carboxylic acids is 1. The second kappa shape index (κ2) is 7.64. The van der Waals surface area contributed by atoms with E-state index in [-0.39, 0.29) is 12.3 Å². The van der Waals surface area contributed by atoms with Crippen molar-refractivity contribution in [2.24, 2.45) is 0 Å². The Morgan fingerprint density at radius 2 is 2.05 bits per heavy atom. The molecule has 0 atom stereocenters. The molecule has 2 N–H and O–H groups in total. The van der Waals surface area contributed by atoms with Gasteiger partial charge in [-0.15, -0.1) is 0 Å². The molecule has 0 aliphatic heterocycles. The van der Waals surface area contributed by atoms with Gasteiger partial charge in [0, 0.05) is 38.7 Å². The number of nitrogens with zero attached hydrogens (tertiary/aromatic N) is 2. The lowest BCUT2D eigenvalue weighted by molar-refractivity contribution is -0.137. The number of amides is 1. The molecular formula is C13H21N3O4. The van der Waals surface area contributed by atoms with E-state index in [1.54, 1.807) is 0 Å². The van der Waals surface area contributed by atoms with Crippen molar-refractivity contribution >= 4 is 11.9 Å². The third kappa shape index (κ3) is 5.40. The first-order valence-corrected chi connectivity index (χ1v) is 6.50. The summed E-state index contributed by atoms with van der Waals surface area (Å²) in [6.45, 7) is 7.19. The van der Waals surface area contributed by atoms with Crippen LogP contribution in [0.5, 0.6) is 0 Å². The van der Waals surface area contributed by atoms with Crippen LogP contribution in [0.4, 0.5) is 0 Å². The maximum atomic E-state index is 10.9. The molecule has 112 valence electrons. The molecular weight excluding hydrogens is 262 g/mol. The van der Waals surface area contributed by atoms with Gasteiger partial charge in [0.05, 0.1) is 12.1 Å². The quantitative estimate of drug-likeness (QED) is 0.729. The summed E-state index contributed by atoms with van der Waals surface area (Å²) in [6, 6.07) is 0. The van der Waals surface area contributed by atoms with Crippen LogP contribution in [0.3, 0.4) is 0 Å². The number of hydrogen-bond acceptors (Lipinski definition) is 5. The van der Waals surface area contributed by atoms with E-state index in [4.69, 9.17) is 9.63 Å². The highest BCUT2D eigenvalue weighted by atomic mass is 16.5. The number of aryl methyl sites for hydroxylation is 2. The van der Waals surface area contributed by atoms with E-state index in [2.05, 4.69) is 10.5 Å². The minimum absolute atomic E-state index is 0.0590. The summed E-state index contributed by atoms with van der Waals surface area (Å²) in [6.07, 6.45) is 0.0590. The Balaban J connectivity index is 2.61. The SMILES string of the molecule is CC(=O)NCCN(CCC(=O)O)Cc1c(C)noc1C. The number of aromatic nitrogens is 1. The van der Waals surface area contributed by atoms with Crippen molar-refractivity contribution in [3.05, 3.63) is 17.0 Å². The molecule has 7 nitrogen and oxygen atoms in total. The second-order valence-electron chi connectivity index (χ2n) is 4.71. The number of carbonyl (C=O) groups excluding carboxylic acids is 1. The Bertz CT molecular complexity index is 451. The van der Waals surface area contributed by atoms with E-state index in [9.17, 15) is 9.59 Å². The van der Waals surface area contributed by atoms with Gasteiger partial charge >= 0.3 is 5.97 Å². The average molecular weight is 283 g/mol. The second-order valence-corrected chi connectivity index (χ2v) is 4.71. The van der Waals surface area contributed by atoms with E-state index in [0.29, 0.717) is 26.2 Å². The van der Waals surface area contributed by atoms with Gasteiger partial charge in [-0.1, -0.05) is 5.16 Å². The predicted molar refractivity (Wildman–Crippen MR) is 72.2 cm³/mol. The third-order valence-electron chi connectivity index (χ3n) is 3.01. The first kappa shape index (κ1) is 16.2. The molecule has 0 aliphatic carbocycles. The summed E-state index contributed by atoms with van der Waals surface area (Å²) in [5.74, 6) is -0.198. The Kier molecular flexibility index (Phi) is 6.17. The van der Waals surface area contributed by atoms with Crippen LogP contribution in [0.25, 0.3) is 0 Å². The maximum absolute atomic E-state index is 10.9. The number of rotatable bonds is 8. The Morgan fingerprint density at radius 1 is 1.35 bits per heavy atom. The standard InChI is InChI=1S/C13H21N3O4/c1-9-12(10(2)20-15-9)8-16(6-4-13(18)19)7-5-14-11(3)17/h4-8H2,1-3H3,(H,14,17)(H,18,19). The lowest BCUT2D eigenvalue weighted by atomic mass is 10.2. The predicted octanol–water partition coefficient (Wildman–Crippen LogP) is 0.704. The zero-order valence-electron chi connectivity index (χ0n) is 12.1. The van der Waals surface area contributed by atoms with Crippen LogP contribution in [0.1, 0.15) is 30.4 Å². The van der Waals surface area contributed by atoms with Gasteiger partial charge in [-0.05, 0) is 13.8 Å². The van der Waals surface area contributed by atoms with E-state index in [1.807, 2.05) is 18.7 Å². The van der Waals surface area contributed by atoms with E-state index in [0.717, 1.165) is 17.0 Å². The number of hydrogen-bond donors (Lipinski definition) is 2. The highest BCUT2D eigenvalue weighted by molar-refractivity contribution is 5.72. The van der Waals surface area contributed by atoms with Gasteiger partial charge in [0.1, 0.15) is 5.76 Å². The fourth-order valence-corrected chi connectivity index (χ4v) is 1.86. The molecule has 1 rings (SSSR count). The highest BCUT2D eigenvalue weighted by Gasteiger charge is 2.14. The van der Waals surface area contributed by atoms with Crippen LogP contribution >= 0.6 is 0 Å². The van der Waals surface area contributed by atoms with Crippen LogP contribution in [0.15, 0.2) is 4.52 Å². The fourth-order valence-electron chi connectivity index (χ4n) is 1.86. The fraction of sp³-hybridized carbons (Fsp3) is 0.615. The van der Waals surface area contributed by atoms with Crippen LogP contribution < -0.4 is 5.32 Å². The van der Waals surface area contributed by atoms with E-state index in [1.165, 1.54) is 6.92 Å². The van der Waals surface area contributed by atoms with Crippen LogP contribution in [-0.4, -0.2) is 46.7 Å². The molecule has 1 aromatic heterocycles. The molecule has 1 amide bonds. The van der Waals surface area contributed by atoms with Gasteiger partial charge in [-0.2, -0.15) is 0 Å². The molecule has 0 aliphatic rings. The molecule has 0 aromatic carbocycles. The largest absolute Gasteiger partial charge is 0.481 e. The van der Waals surface area contributed by atoms with Gasteiger partial charge in [-0.3, -0.25) is 14.5 Å². The number of aliphatic carboxylic acids is 1. The summed E-state index contributed by atoms with van der Waals surface area (Å²) >= 11 is 0. The van der Waals surface area contributed by atoms with Crippen LogP contribution in [0, 0.1) is 13.8 Å². The molecule has 0 saturated carbocycles. The van der Waals surface area contributed by atoms with Gasteiger partial charge in [0.15, 0.2) is 0 Å². The molecule has 1 aromatic rings. The number of carboxylic acid groups (broad SMARTS) is 1. The van der Waals surface area contributed by atoms with E-state index >= 15 is 0 Å². The van der Waals surface area contributed by atoms with Crippen molar-refractivity contribution in [1.82, 2.24) is 15.4 Å². The van der Waals surface area contributed by atoms with Crippen molar-refractivity contribution < 1.29 is 19.2 Å². The lowest BCUT2D eigenvalue weighted by Gasteiger charge is -2.21. The average Bonchev–Trinajstić information content (AvgIpc) is 2.66. The monoisotopic (exact) mass is 283 g/mol. The molecule has 7 heteroatoms. The summed E-state index contributed by atoms with van der Waals surface area (Å²) in [5, 5.41) is 15.4. The molecule has 0 saturated heterocycles. The van der Waals surface area contributed by atoms with Crippen molar-refractivity contribution in [1.29, 1.82) is 0 Å². The Morgan fingerprint density at radius 3 is 2.55 bits per heavy atom. The Labute approximate surface area is 117 Å². The summed E-state index contributed by atoms with van der Waals surface area (Å²) in [5.41, 5.74) is 1.78. The number of nitrogens with one attached hydrogen (secondary N) is 1. The van der Waals surface area contributed by atoms with Crippen molar-refractivity contribution in [2.45, 2.75) is 33.7 Å². The number of carbonyl (C=O) groups is 2. The lowest BCUT2D eigenvalue weighted by Crippen LogP contribution is -2.35. The van der Waals surface area contributed by atoms with Gasteiger partial charge < -0.3 is 14.9 Å². The summed E-state index contributed by atoms with van der Waals surface area (Å²) < 4.78 is 5.10. The minimum Gasteiger partial charge on any atom is -0.481 e. The van der Waals surface area contributed by atoms with Crippen LogP contribution in [-0.2, 0) is 16.1 Å². The molecule has 0 radical (unpaired) electrons. The highest BCUT2D eigenvalue weighted by Crippen LogP contribution is 2.14. The molecule has 20 heavy (non-hydrogen) atoms. The normalized spacial score (nSPS) is 10.8. The van der Waals surface area contributed by atoms with Crippen molar-refractivity contribution in [3.63, 3.8) is 0 Å². The maximum Gasteiger partial charge on any atom is 0.304 e. The van der Waals surface area contributed by atoms with Crippen LogP contribution in [0.2, 0.25) is 0 Å². The smallest absolute Gasteiger partial charge is 0.304 e. The van der Waals surface area contributed by atoms with Gasteiger partial charge in [0.25, 0.3) is 0 Å². The first-order chi connectivity index (χ1) is 9.40. The molecule has 0 fully saturated rings. The van der Waals surface area contributed by atoms with Gasteiger partial charge in [0.2, 0.25) is 5.91 Å². The minimum atomic E-state index is -0.840. The van der Waals surface area contributed by atoms with Gasteiger partial charge in [-0.25, -0.2) is 0 Å². The zero-order valence-corrected chi connectivity index (χ0v) is 12.1. The molecule has 1 heterocycles. The topological polar surface area (TPSA) is 95.7 Å². The third-order valence-corrected chi connectivity index (χ3v) is 3.01. The Hall–Kier alpha value is -1.89. The molecule has 0 bridgehead atoms. The molecule has 0 unspecified atom stereocenters. The summed E-state index contributed by atoms with van der Waals surface area (Å²) in [4.78, 5) is 23.5.